The van der Waals surface area contributed by atoms with Gasteiger partial charge in [0.2, 0.25) is 0 Å². The highest BCUT2D eigenvalue weighted by atomic mass is 19.3. The molecule has 7 heteroatoms. The molecule has 0 aromatic heterocycles. The average Bonchev–Trinajstić information content (AvgIpc) is 2.57. The lowest BCUT2D eigenvalue weighted by Gasteiger charge is -2.21. The van der Waals surface area contributed by atoms with Crippen LogP contribution in [0.1, 0.15) is 17.3 Å². The Hall–Kier alpha value is -2.70. The first-order chi connectivity index (χ1) is 11.5. The van der Waals surface area contributed by atoms with Crippen molar-refractivity contribution in [3.8, 4) is 11.5 Å². The highest BCUT2D eigenvalue weighted by Crippen LogP contribution is 2.30. The summed E-state index contributed by atoms with van der Waals surface area (Å²) in [5.41, 5.74) is 0.760. The summed E-state index contributed by atoms with van der Waals surface area (Å²) in [5, 5.41) is 0. The second kappa shape index (κ2) is 7.72. The van der Waals surface area contributed by atoms with Crippen LogP contribution in [0.3, 0.4) is 0 Å². The number of methoxy groups -OCH3 is 1. The third-order valence-electron chi connectivity index (χ3n) is 3.33. The van der Waals surface area contributed by atoms with Crippen molar-refractivity contribution in [1.82, 2.24) is 0 Å². The van der Waals surface area contributed by atoms with Gasteiger partial charge in [0.05, 0.1) is 7.11 Å². The maximum atomic E-state index is 13.0. The van der Waals surface area contributed by atoms with Gasteiger partial charge in [-0.25, -0.2) is 4.39 Å². The van der Waals surface area contributed by atoms with Gasteiger partial charge in [-0.1, -0.05) is 0 Å². The number of carbonyl (C=O) groups is 1. The molecule has 2 aromatic rings. The molecule has 0 N–H and O–H groups in total. The van der Waals surface area contributed by atoms with Crippen LogP contribution in [0.2, 0.25) is 0 Å². The summed E-state index contributed by atoms with van der Waals surface area (Å²) in [6.07, 6.45) is 0. The number of rotatable bonds is 6. The van der Waals surface area contributed by atoms with E-state index < -0.39 is 12.4 Å². The van der Waals surface area contributed by atoms with E-state index in [1.165, 1.54) is 54.5 Å². The van der Waals surface area contributed by atoms with E-state index >= 15 is 0 Å². The molecule has 2 aromatic carbocycles. The molecule has 0 aliphatic rings. The third-order valence-corrected chi connectivity index (χ3v) is 3.33. The van der Waals surface area contributed by atoms with Gasteiger partial charge in [-0.3, -0.25) is 4.79 Å². The Morgan fingerprint density at radius 3 is 2.33 bits per heavy atom. The summed E-state index contributed by atoms with van der Waals surface area (Å²) < 4.78 is 47.1. The van der Waals surface area contributed by atoms with E-state index in [4.69, 9.17) is 4.74 Å². The Morgan fingerprint density at radius 1 is 1.12 bits per heavy atom. The highest BCUT2D eigenvalue weighted by Gasteiger charge is 2.19. The molecule has 128 valence electrons. The van der Waals surface area contributed by atoms with Crippen molar-refractivity contribution in [1.29, 1.82) is 0 Å². The first kappa shape index (κ1) is 17.7. The van der Waals surface area contributed by atoms with E-state index in [0.717, 1.165) is 0 Å². The van der Waals surface area contributed by atoms with Crippen LogP contribution in [0.15, 0.2) is 42.5 Å². The second-order valence-corrected chi connectivity index (χ2v) is 4.77. The van der Waals surface area contributed by atoms with Crippen LogP contribution in [0.25, 0.3) is 0 Å². The fourth-order valence-electron chi connectivity index (χ4n) is 2.21. The quantitative estimate of drug-likeness (QED) is 0.795. The minimum atomic E-state index is -2.99. The smallest absolute Gasteiger partial charge is 0.387 e. The molecule has 1 amide bonds. The predicted molar refractivity (Wildman–Crippen MR) is 83.4 cm³/mol. The number of hydrogen-bond donors (Lipinski definition) is 0. The molecular formula is C17H16F3NO3. The molecule has 0 heterocycles. The third kappa shape index (κ3) is 3.98. The Labute approximate surface area is 137 Å². The molecule has 0 aliphatic carbocycles. The van der Waals surface area contributed by atoms with Crippen molar-refractivity contribution in [2.24, 2.45) is 0 Å². The van der Waals surface area contributed by atoms with Gasteiger partial charge in [0.15, 0.2) is 11.5 Å². The fourth-order valence-corrected chi connectivity index (χ4v) is 2.21. The normalized spacial score (nSPS) is 10.6. The number of nitrogens with zero attached hydrogens (tertiary/aromatic N) is 1. The summed E-state index contributed by atoms with van der Waals surface area (Å²) in [6.45, 7) is -0.874. The van der Waals surface area contributed by atoms with Gasteiger partial charge in [-0.05, 0) is 49.4 Å². The van der Waals surface area contributed by atoms with Crippen LogP contribution in [0.4, 0.5) is 18.9 Å². The van der Waals surface area contributed by atoms with Crippen molar-refractivity contribution in [3.63, 3.8) is 0 Å². The molecule has 0 saturated heterocycles. The van der Waals surface area contributed by atoms with Gasteiger partial charge < -0.3 is 14.4 Å². The van der Waals surface area contributed by atoms with E-state index in [2.05, 4.69) is 4.74 Å². The van der Waals surface area contributed by atoms with Crippen molar-refractivity contribution in [2.45, 2.75) is 13.5 Å². The number of amides is 1. The number of anilines is 1. The Bertz CT molecular complexity index is 705. The zero-order chi connectivity index (χ0) is 17.7. The lowest BCUT2D eigenvalue weighted by molar-refractivity contribution is -0.0512. The van der Waals surface area contributed by atoms with Crippen LogP contribution in [0.5, 0.6) is 11.5 Å². The number of ether oxygens (including phenoxy) is 2. The Kier molecular flexibility index (Phi) is 5.68. The first-order valence-electron chi connectivity index (χ1n) is 7.16. The largest absolute Gasteiger partial charge is 0.493 e. The summed E-state index contributed by atoms with van der Waals surface area (Å²) in [4.78, 5) is 14.1. The maximum absolute atomic E-state index is 13.0. The minimum Gasteiger partial charge on any atom is -0.493 e. The van der Waals surface area contributed by atoms with Gasteiger partial charge in [0, 0.05) is 17.8 Å². The van der Waals surface area contributed by atoms with Crippen LogP contribution in [-0.4, -0.2) is 26.2 Å². The van der Waals surface area contributed by atoms with E-state index in [1.807, 2.05) is 0 Å². The Morgan fingerprint density at radius 2 is 1.79 bits per heavy atom. The van der Waals surface area contributed by atoms with E-state index in [0.29, 0.717) is 12.2 Å². The number of hydrogen-bond acceptors (Lipinski definition) is 3. The lowest BCUT2D eigenvalue weighted by Crippen LogP contribution is -2.30. The number of carbonyl (C=O) groups excluding carboxylic acids is 1. The van der Waals surface area contributed by atoms with Crippen LogP contribution >= 0.6 is 0 Å². The SMILES string of the molecule is CCN(C(=O)c1ccc(OC(F)F)c(OC)c1)c1ccc(F)cc1. The van der Waals surface area contributed by atoms with Crippen molar-refractivity contribution >= 4 is 11.6 Å². The summed E-state index contributed by atoms with van der Waals surface area (Å²) in [5.74, 6) is -0.909. The molecule has 0 radical (unpaired) electrons. The molecule has 24 heavy (non-hydrogen) atoms. The summed E-state index contributed by atoms with van der Waals surface area (Å²) in [6, 6.07) is 9.43. The zero-order valence-electron chi connectivity index (χ0n) is 13.1. The molecule has 4 nitrogen and oxygen atoms in total. The van der Waals surface area contributed by atoms with E-state index in [1.54, 1.807) is 6.92 Å². The zero-order valence-corrected chi connectivity index (χ0v) is 13.1. The molecule has 0 saturated carbocycles. The average molecular weight is 339 g/mol. The summed E-state index contributed by atoms with van der Waals surface area (Å²) in [7, 11) is 1.29. The van der Waals surface area contributed by atoms with Gasteiger partial charge in [0.1, 0.15) is 5.82 Å². The van der Waals surface area contributed by atoms with Gasteiger partial charge in [0.25, 0.3) is 5.91 Å². The summed E-state index contributed by atoms with van der Waals surface area (Å²) >= 11 is 0. The molecule has 0 spiro atoms. The molecule has 0 fully saturated rings. The van der Waals surface area contributed by atoms with Crippen molar-refractivity contribution < 1.29 is 27.4 Å². The number of benzene rings is 2. The standard InChI is InChI=1S/C17H16F3NO3/c1-3-21(13-7-5-12(18)6-8-13)16(22)11-4-9-14(24-17(19)20)15(10-11)23-2/h4-10,17H,3H2,1-2H3. The molecule has 0 atom stereocenters. The highest BCUT2D eigenvalue weighted by molar-refractivity contribution is 6.06. The topological polar surface area (TPSA) is 38.8 Å². The monoisotopic (exact) mass is 339 g/mol. The number of alkyl halides is 2. The van der Waals surface area contributed by atoms with E-state index in [9.17, 15) is 18.0 Å². The van der Waals surface area contributed by atoms with Crippen molar-refractivity contribution in [2.75, 3.05) is 18.6 Å². The minimum absolute atomic E-state index is 0.0244. The van der Waals surface area contributed by atoms with Gasteiger partial charge >= 0.3 is 6.61 Å². The van der Waals surface area contributed by atoms with E-state index in [-0.39, 0.29) is 23.0 Å². The van der Waals surface area contributed by atoms with Crippen LogP contribution in [-0.2, 0) is 0 Å². The molecule has 0 bridgehead atoms. The van der Waals surface area contributed by atoms with Crippen LogP contribution < -0.4 is 14.4 Å². The molecule has 2 rings (SSSR count). The molecule has 0 unspecified atom stereocenters. The predicted octanol–water partition coefficient (Wildman–Crippen LogP) is 4.10. The molecule has 0 aliphatic heterocycles. The van der Waals surface area contributed by atoms with Crippen molar-refractivity contribution in [3.05, 3.63) is 53.8 Å². The van der Waals surface area contributed by atoms with Gasteiger partial charge in [-0.2, -0.15) is 8.78 Å². The van der Waals surface area contributed by atoms with Crippen LogP contribution in [0, 0.1) is 5.82 Å². The van der Waals surface area contributed by atoms with Gasteiger partial charge in [-0.15, -0.1) is 0 Å². The fraction of sp³-hybridized carbons (Fsp3) is 0.235. The first-order valence-corrected chi connectivity index (χ1v) is 7.16. The Balaban J connectivity index is 2.31. The molecular weight excluding hydrogens is 323 g/mol. The maximum Gasteiger partial charge on any atom is 0.387 e. The second-order valence-electron chi connectivity index (χ2n) is 4.77. The number of halogens is 3. The lowest BCUT2D eigenvalue weighted by atomic mass is 10.1.